The van der Waals surface area contributed by atoms with Crippen molar-refractivity contribution in [3.05, 3.63) is 89.6 Å². The van der Waals surface area contributed by atoms with Gasteiger partial charge >= 0.3 is 0 Å². The van der Waals surface area contributed by atoms with Crippen molar-refractivity contribution in [3.63, 3.8) is 0 Å². The number of hydrogen-bond acceptors (Lipinski definition) is 4. The summed E-state index contributed by atoms with van der Waals surface area (Å²) < 4.78 is 5.81. The van der Waals surface area contributed by atoms with Crippen LogP contribution in [0.2, 0.25) is 5.02 Å². The molecule has 4 rings (SSSR count). The highest BCUT2D eigenvalue weighted by Crippen LogP contribution is 2.32. The van der Waals surface area contributed by atoms with Gasteiger partial charge in [-0.3, -0.25) is 4.98 Å². The van der Waals surface area contributed by atoms with Gasteiger partial charge < -0.3 is 10.1 Å². The van der Waals surface area contributed by atoms with Gasteiger partial charge in [0, 0.05) is 17.3 Å². The number of anilines is 2. The summed E-state index contributed by atoms with van der Waals surface area (Å²) >= 11 is 6.24. The molecule has 0 bridgehead atoms. The lowest BCUT2D eigenvalue weighted by Gasteiger charge is -2.13. The van der Waals surface area contributed by atoms with Crippen molar-refractivity contribution in [3.8, 4) is 17.6 Å². The summed E-state index contributed by atoms with van der Waals surface area (Å²) in [5, 5.41) is 14.1. The summed E-state index contributed by atoms with van der Waals surface area (Å²) in [4.78, 5) is 4.30. The maximum absolute atomic E-state index is 9.45. The number of ether oxygens (including phenoxy) is 1. The van der Waals surface area contributed by atoms with Crippen LogP contribution < -0.4 is 10.1 Å². The lowest BCUT2D eigenvalue weighted by atomic mass is 10.1. The second kappa shape index (κ2) is 7.36. The number of nitrogens with one attached hydrogen (secondary N) is 1. The molecular weight excluding hydrogens is 358 g/mol. The van der Waals surface area contributed by atoms with Crippen molar-refractivity contribution < 1.29 is 4.74 Å². The fourth-order valence-corrected chi connectivity index (χ4v) is 3.01. The standard InChI is InChI=1S/C22H14ClN3O/c23-20-8-4-7-19-21(15(13-24)14-25-22(19)20)26-16-9-11-18(12-10-16)27-17-5-2-1-3-6-17/h1-12,14H,(H,25,26). The molecule has 0 aliphatic rings. The second-order valence-electron chi connectivity index (χ2n) is 5.86. The van der Waals surface area contributed by atoms with E-state index in [1.807, 2.05) is 66.7 Å². The van der Waals surface area contributed by atoms with Crippen LogP contribution in [0.5, 0.6) is 11.5 Å². The van der Waals surface area contributed by atoms with Crippen molar-refractivity contribution in [2.24, 2.45) is 0 Å². The summed E-state index contributed by atoms with van der Waals surface area (Å²) in [5.74, 6) is 1.51. The predicted octanol–water partition coefficient (Wildman–Crippen LogP) is 6.30. The Morgan fingerprint density at radius 2 is 1.63 bits per heavy atom. The van der Waals surface area contributed by atoms with Gasteiger partial charge in [0.05, 0.1) is 21.8 Å². The van der Waals surface area contributed by atoms with Crippen molar-refractivity contribution >= 4 is 33.9 Å². The van der Waals surface area contributed by atoms with Gasteiger partial charge in [0.25, 0.3) is 0 Å². The number of halogens is 1. The zero-order valence-corrected chi connectivity index (χ0v) is 14.9. The molecule has 130 valence electrons. The Balaban J connectivity index is 1.64. The van der Waals surface area contributed by atoms with Gasteiger partial charge in [-0.2, -0.15) is 5.26 Å². The summed E-state index contributed by atoms with van der Waals surface area (Å²) in [6.07, 6.45) is 1.53. The van der Waals surface area contributed by atoms with Gasteiger partial charge in [-0.1, -0.05) is 41.9 Å². The normalized spacial score (nSPS) is 10.4. The predicted molar refractivity (Wildman–Crippen MR) is 108 cm³/mol. The first-order valence-electron chi connectivity index (χ1n) is 8.32. The Labute approximate surface area is 161 Å². The average Bonchev–Trinajstić information content (AvgIpc) is 2.71. The second-order valence-corrected chi connectivity index (χ2v) is 6.27. The number of rotatable bonds is 4. The molecular formula is C22H14ClN3O. The third kappa shape index (κ3) is 3.55. The summed E-state index contributed by atoms with van der Waals surface area (Å²) in [6, 6.07) is 24.8. The lowest BCUT2D eigenvalue weighted by molar-refractivity contribution is 0.483. The summed E-state index contributed by atoms with van der Waals surface area (Å²) in [5.41, 5.74) is 2.63. The Morgan fingerprint density at radius 3 is 2.37 bits per heavy atom. The Morgan fingerprint density at radius 1 is 0.889 bits per heavy atom. The highest BCUT2D eigenvalue weighted by Gasteiger charge is 2.11. The SMILES string of the molecule is N#Cc1cnc2c(Cl)cccc2c1Nc1ccc(Oc2ccccc2)cc1. The number of nitrogens with zero attached hydrogens (tertiary/aromatic N) is 2. The third-order valence-corrected chi connectivity index (χ3v) is 4.38. The fraction of sp³-hybridized carbons (Fsp3) is 0. The molecule has 1 aromatic heterocycles. The van der Waals surface area contributed by atoms with E-state index in [-0.39, 0.29) is 0 Å². The largest absolute Gasteiger partial charge is 0.457 e. The number of aromatic nitrogens is 1. The molecule has 0 saturated heterocycles. The highest BCUT2D eigenvalue weighted by molar-refractivity contribution is 6.35. The van der Waals surface area contributed by atoms with E-state index in [1.54, 1.807) is 6.07 Å². The van der Waals surface area contributed by atoms with E-state index in [9.17, 15) is 5.26 Å². The van der Waals surface area contributed by atoms with E-state index >= 15 is 0 Å². The van der Waals surface area contributed by atoms with Gasteiger partial charge in [0.2, 0.25) is 0 Å². The molecule has 0 radical (unpaired) electrons. The van der Waals surface area contributed by atoms with E-state index < -0.39 is 0 Å². The Kier molecular flexibility index (Phi) is 4.61. The van der Waals surface area contributed by atoms with Gasteiger partial charge in [0.15, 0.2) is 0 Å². The molecule has 0 amide bonds. The van der Waals surface area contributed by atoms with Crippen LogP contribution in [0, 0.1) is 11.3 Å². The average molecular weight is 372 g/mol. The molecule has 4 aromatic rings. The minimum Gasteiger partial charge on any atom is -0.457 e. The number of hydrogen-bond donors (Lipinski definition) is 1. The summed E-state index contributed by atoms with van der Waals surface area (Å²) in [6.45, 7) is 0. The molecule has 0 aliphatic heterocycles. The van der Waals surface area contributed by atoms with Crippen LogP contribution in [0.3, 0.4) is 0 Å². The lowest BCUT2D eigenvalue weighted by Crippen LogP contribution is -1.97. The zero-order chi connectivity index (χ0) is 18.6. The molecule has 5 heteroatoms. The quantitative estimate of drug-likeness (QED) is 0.457. The first-order chi connectivity index (χ1) is 13.2. The minimum absolute atomic E-state index is 0.453. The van der Waals surface area contributed by atoms with E-state index in [2.05, 4.69) is 16.4 Å². The van der Waals surface area contributed by atoms with Gasteiger partial charge in [0.1, 0.15) is 17.6 Å². The Bertz CT molecular complexity index is 1140. The maximum atomic E-state index is 9.45. The zero-order valence-electron chi connectivity index (χ0n) is 14.2. The number of pyridine rings is 1. The van der Waals surface area contributed by atoms with Gasteiger partial charge in [-0.05, 0) is 42.5 Å². The third-order valence-electron chi connectivity index (χ3n) is 4.07. The number of para-hydroxylation sites is 2. The number of benzene rings is 3. The van der Waals surface area contributed by atoms with Crippen LogP contribution in [-0.4, -0.2) is 4.98 Å². The molecule has 0 aliphatic carbocycles. The first-order valence-corrected chi connectivity index (χ1v) is 8.70. The van der Waals surface area contributed by atoms with E-state index in [1.165, 1.54) is 6.20 Å². The highest BCUT2D eigenvalue weighted by atomic mass is 35.5. The van der Waals surface area contributed by atoms with E-state index in [0.717, 1.165) is 22.6 Å². The molecule has 0 fully saturated rings. The number of nitriles is 1. The molecule has 0 spiro atoms. The summed E-state index contributed by atoms with van der Waals surface area (Å²) in [7, 11) is 0. The van der Waals surface area contributed by atoms with Crippen LogP contribution >= 0.6 is 11.6 Å². The van der Waals surface area contributed by atoms with Crippen LogP contribution in [-0.2, 0) is 0 Å². The topological polar surface area (TPSA) is 57.9 Å². The monoisotopic (exact) mass is 371 g/mol. The van der Waals surface area contributed by atoms with E-state index in [4.69, 9.17) is 16.3 Å². The molecule has 0 unspecified atom stereocenters. The molecule has 0 saturated carbocycles. The Hall–Kier alpha value is -3.55. The van der Waals surface area contributed by atoms with Crippen LogP contribution in [0.25, 0.3) is 10.9 Å². The van der Waals surface area contributed by atoms with Gasteiger partial charge in [-0.15, -0.1) is 0 Å². The van der Waals surface area contributed by atoms with Crippen LogP contribution in [0.4, 0.5) is 11.4 Å². The molecule has 1 heterocycles. The fourth-order valence-electron chi connectivity index (χ4n) is 2.78. The first kappa shape index (κ1) is 16.9. The van der Waals surface area contributed by atoms with Crippen LogP contribution in [0.15, 0.2) is 79.0 Å². The molecule has 3 aromatic carbocycles. The van der Waals surface area contributed by atoms with E-state index in [0.29, 0.717) is 21.8 Å². The molecule has 4 nitrogen and oxygen atoms in total. The van der Waals surface area contributed by atoms with Crippen molar-refractivity contribution in [1.29, 1.82) is 5.26 Å². The van der Waals surface area contributed by atoms with Crippen molar-refractivity contribution in [2.75, 3.05) is 5.32 Å². The van der Waals surface area contributed by atoms with Crippen LogP contribution in [0.1, 0.15) is 5.56 Å². The smallest absolute Gasteiger partial charge is 0.127 e. The minimum atomic E-state index is 0.453. The maximum Gasteiger partial charge on any atom is 0.127 e. The molecule has 27 heavy (non-hydrogen) atoms. The molecule has 1 N–H and O–H groups in total. The molecule has 0 atom stereocenters. The van der Waals surface area contributed by atoms with Gasteiger partial charge in [-0.25, -0.2) is 0 Å². The van der Waals surface area contributed by atoms with Crippen molar-refractivity contribution in [1.82, 2.24) is 4.98 Å². The number of fused-ring (bicyclic) bond motifs is 1. The van der Waals surface area contributed by atoms with Crippen molar-refractivity contribution in [2.45, 2.75) is 0 Å².